The lowest BCUT2D eigenvalue weighted by atomic mass is 9.70. The lowest BCUT2D eigenvalue weighted by molar-refractivity contribution is -0.116. The summed E-state index contributed by atoms with van der Waals surface area (Å²) in [6, 6.07) is 6.68. The molecule has 0 aliphatic heterocycles. The van der Waals surface area contributed by atoms with E-state index in [1.807, 2.05) is 19.1 Å². The smallest absolute Gasteiger partial charge is 0.224 e. The molecule has 1 aromatic heterocycles. The number of amides is 1. The SMILES string of the molecule is CCC(CC)C[C@H]1C[C@H](c2nnc(CCC(=O)Nc3ccc(C)cc3C)n2C2CC2)C1. The molecule has 0 atom stereocenters. The Hall–Kier alpha value is -2.17. The molecule has 1 amide bonds. The molecule has 0 saturated heterocycles. The molecule has 5 heteroatoms. The molecule has 4 rings (SSSR count). The van der Waals surface area contributed by atoms with Gasteiger partial charge >= 0.3 is 0 Å². The fourth-order valence-corrected chi connectivity index (χ4v) is 5.14. The number of rotatable bonds is 10. The summed E-state index contributed by atoms with van der Waals surface area (Å²) in [5.74, 6) is 4.52. The van der Waals surface area contributed by atoms with Gasteiger partial charge < -0.3 is 9.88 Å². The molecule has 0 bridgehead atoms. The minimum absolute atomic E-state index is 0.0488. The zero-order valence-electron chi connectivity index (χ0n) is 19.7. The van der Waals surface area contributed by atoms with Crippen LogP contribution in [0.1, 0.15) is 99.9 Å². The van der Waals surface area contributed by atoms with E-state index in [0.717, 1.165) is 28.9 Å². The maximum Gasteiger partial charge on any atom is 0.224 e. The van der Waals surface area contributed by atoms with Gasteiger partial charge in [-0.3, -0.25) is 4.79 Å². The summed E-state index contributed by atoms with van der Waals surface area (Å²) in [6.45, 7) is 8.73. The maximum absolute atomic E-state index is 12.6. The molecule has 2 aliphatic rings. The molecule has 1 N–H and O–H groups in total. The second-order valence-corrected chi connectivity index (χ2v) is 9.89. The fraction of sp³-hybridized carbons (Fsp3) is 0.654. The van der Waals surface area contributed by atoms with Crippen molar-refractivity contribution in [3.63, 3.8) is 0 Å². The van der Waals surface area contributed by atoms with Crippen LogP contribution >= 0.6 is 0 Å². The first-order chi connectivity index (χ1) is 15.0. The van der Waals surface area contributed by atoms with Crippen LogP contribution in [0.15, 0.2) is 18.2 Å². The maximum atomic E-state index is 12.6. The van der Waals surface area contributed by atoms with Gasteiger partial charge in [0.2, 0.25) is 5.91 Å². The molecule has 0 unspecified atom stereocenters. The van der Waals surface area contributed by atoms with Crippen molar-refractivity contribution in [1.29, 1.82) is 0 Å². The van der Waals surface area contributed by atoms with Gasteiger partial charge in [-0.1, -0.05) is 44.4 Å². The molecule has 0 spiro atoms. The van der Waals surface area contributed by atoms with Crippen molar-refractivity contribution in [2.75, 3.05) is 5.32 Å². The third kappa shape index (κ3) is 5.19. The highest BCUT2D eigenvalue weighted by Gasteiger charge is 2.38. The number of nitrogens with one attached hydrogen (secondary N) is 1. The third-order valence-corrected chi connectivity index (χ3v) is 7.36. The van der Waals surface area contributed by atoms with Crippen LogP contribution in [0, 0.1) is 25.7 Å². The van der Waals surface area contributed by atoms with Crippen LogP contribution in [0.3, 0.4) is 0 Å². The summed E-state index contributed by atoms with van der Waals surface area (Å²) >= 11 is 0. The Kier molecular flexibility index (Phi) is 6.78. The standard InChI is InChI=1S/C26H38N4O/c1-5-19(6-2)14-20-15-21(16-20)26-29-28-24(30(26)22-8-9-22)11-12-25(31)27-23-10-7-17(3)13-18(23)4/h7,10,13,19-22H,5-6,8-9,11-12,14-16H2,1-4H3,(H,27,31)/t20-,21-. The first kappa shape index (κ1) is 22.0. The molecule has 2 aliphatic carbocycles. The molecule has 5 nitrogen and oxygen atoms in total. The van der Waals surface area contributed by atoms with E-state index < -0.39 is 0 Å². The lowest BCUT2D eigenvalue weighted by Gasteiger charge is -2.37. The Morgan fingerprint density at radius 3 is 2.55 bits per heavy atom. The molecular formula is C26H38N4O. The third-order valence-electron chi connectivity index (χ3n) is 7.36. The molecular weight excluding hydrogens is 384 g/mol. The first-order valence-corrected chi connectivity index (χ1v) is 12.3. The first-order valence-electron chi connectivity index (χ1n) is 12.3. The van der Waals surface area contributed by atoms with Crippen molar-refractivity contribution in [2.24, 2.45) is 11.8 Å². The van der Waals surface area contributed by atoms with E-state index in [1.165, 1.54) is 56.3 Å². The predicted octanol–water partition coefficient (Wildman–Crippen LogP) is 6.12. The Balaban J connectivity index is 1.34. The molecule has 1 heterocycles. The number of carbonyl (C=O) groups is 1. The van der Waals surface area contributed by atoms with Crippen molar-refractivity contribution >= 4 is 11.6 Å². The Morgan fingerprint density at radius 2 is 1.90 bits per heavy atom. The lowest BCUT2D eigenvalue weighted by Crippen LogP contribution is -2.27. The summed E-state index contributed by atoms with van der Waals surface area (Å²) in [5.41, 5.74) is 3.21. The van der Waals surface area contributed by atoms with Crippen LogP contribution in [-0.2, 0) is 11.2 Å². The van der Waals surface area contributed by atoms with Gasteiger partial charge in [-0.05, 0) is 69.4 Å². The van der Waals surface area contributed by atoms with E-state index in [-0.39, 0.29) is 5.91 Å². The van der Waals surface area contributed by atoms with Crippen molar-refractivity contribution in [1.82, 2.24) is 14.8 Å². The topological polar surface area (TPSA) is 59.8 Å². The van der Waals surface area contributed by atoms with Gasteiger partial charge in [0.1, 0.15) is 11.6 Å². The van der Waals surface area contributed by atoms with Gasteiger partial charge in [0.05, 0.1) is 0 Å². The van der Waals surface area contributed by atoms with E-state index in [9.17, 15) is 4.79 Å². The average molecular weight is 423 g/mol. The highest BCUT2D eigenvalue weighted by molar-refractivity contribution is 5.91. The average Bonchev–Trinajstić information content (AvgIpc) is 3.47. The Morgan fingerprint density at radius 1 is 1.16 bits per heavy atom. The Labute approximate surface area is 187 Å². The van der Waals surface area contributed by atoms with Crippen LogP contribution in [-0.4, -0.2) is 20.7 Å². The fourth-order valence-electron chi connectivity index (χ4n) is 5.14. The molecule has 168 valence electrons. The number of benzene rings is 1. The minimum Gasteiger partial charge on any atom is -0.326 e. The quantitative estimate of drug-likeness (QED) is 0.502. The largest absolute Gasteiger partial charge is 0.326 e. The van der Waals surface area contributed by atoms with Crippen LogP contribution in [0.25, 0.3) is 0 Å². The second kappa shape index (κ2) is 9.54. The molecule has 1 aromatic carbocycles. The number of hydrogen-bond acceptors (Lipinski definition) is 3. The summed E-state index contributed by atoms with van der Waals surface area (Å²) < 4.78 is 2.39. The van der Waals surface area contributed by atoms with E-state index in [2.05, 4.69) is 46.9 Å². The van der Waals surface area contributed by atoms with E-state index >= 15 is 0 Å². The normalized spacial score (nSPS) is 20.7. The summed E-state index contributed by atoms with van der Waals surface area (Å²) in [5, 5.41) is 12.2. The number of anilines is 1. The van der Waals surface area contributed by atoms with Gasteiger partial charge in [0, 0.05) is 30.5 Å². The van der Waals surface area contributed by atoms with Crippen LogP contribution in [0.2, 0.25) is 0 Å². The minimum atomic E-state index is 0.0488. The van der Waals surface area contributed by atoms with Gasteiger partial charge in [-0.2, -0.15) is 0 Å². The van der Waals surface area contributed by atoms with Crippen LogP contribution in [0.5, 0.6) is 0 Å². The zero-order valence-corrected chi connectivity index (χ0v) is 19.7. The summed E-state index contributed by atoms with van der Waals surface area (Å²) in [6.07, 6.45) is 10.0. The van der Waals surface area contributed by atoms with Crippen LogP contribution < -0.4 is 5.32 Å². The number of nitrogens with zero attached hydrogens (tertiary/aromatic N) is 3. The van der Waals surface area contributed by atoms with Crippen molar-refractivity contribution in [3.05, 3.63) is 41.0 Å². The monoisotopic (exact) mass is 422 g/mol. The summed E-state index contributed by atoms with van der Waals surface area (Å²) in [4.78, 5) is 12.6. The van der Waals surface area contributed by atoms with Crippen LogP contribution in [0.4, 0.5) is 5.69 Å². The Bertz CT molecular complexity index is 904. The van der Waals surface area contributed by atoms with Crippen molar-refractivity contribution < 1.29 is 4.79 Å². The van der Waals surface area contributed by atoms with E-state index in [0.29, 0.717) is 24.8 Å². The zero-order chi connectivity index (χ0) is 22.0. The van der Waals surface area contributed by atoms with Gasteiger partial charge in [-0.25, -0.2) is 0 Å². The van der Waals surface area contributed by atoms with E-state index in [1.54, 1.807) is 0 Å². The number of hydrogen-bond donors (Lipinski definition) is 1. The van der Waals surface area contributed by atoms with Gasteiger partial charge in [0.15, 0.2) is 0 Å². The highest BCUT2D eigenvalue weighted by atomic mass is 16.1. The predicted molar refractivity (Wildman–Crippen MR) is 125 cm³/mol. The van der Waals surface area contributed by atoms with Crippen molar-refractivity contribution in [3.8, 4) is 0 Å². The number of aryl methyl sites for hydroxylation is 3. The second-order valence-electron chi connectivity index (χ2n) is 9.89. The van der Waals surface area contributed by atoms with E-state index in [4.69, 9.17) is 0 Å². The number of aromatic nitrogens is 3. The summed E-state index contributed by atoms with van der Waals surface area (Å²) in [7, 11) is 0. The molecule has 2 aromatic rings. The van der Waals surface area contributed by atoms with Gasteiger partial charge in [-0.15, -0.1) is 10.2 Å². The number of carbonyl (C=O) groups excluding carboxylic acids is 1. The van der Waals surface area contributed by atoms with Gasteiger partial charge in [0.25, 0.3) is 0 Å². The molecule has 2 saturated carbocycles. The molecule has 0 radical (unpaired) electrons. The van der Waals surface area contributed by atoms with Crippen molar-refractivity contribution in [2.45, 2.75) is 97.4 Å². The molecule has 2 fully saturated rings. The molecule has 31 heavy (non-hydrogen) atoms. The highest BCUT2D eigenvalue weighted by Crippen LogP contribution is 2.47.